The molecule has 21 heavy (non-hydrogen) atoms. The van der Waals surface area contributed by atoms with Crippen molar-refractivity contribution in [3.05, 3.63) is 62.3 Å². The van der Waals surface area contributed by atoms with E-state index in [1.54, 1.807) is 12.1 Å². The Morgan fingerprint density at radius 2 is 1.86 bits per heavy atom. The summed E-state index contributed by atoms with van der Waals surface area (Å²) in [5.41, 5.74) is 0.449. The van der Waals surface area contributed by atoms with Gasteiger partial charge in [-0.1, -0.05) is 51.3 Å². The van der Waals surface area contributed by atoms with E-state index in [0.29, 0.717) is 10.0 Å². The number of aromatic nitrogens is 1. The van der Waals surface area contributed by atoms with Crippen LogP contribution in [0.1, 0.15) is 28.5 Å². The van der Waals surface area contributed by atoms with Crippen molar-refractivity contribution in [3.8, 4) is 0 Å². The molecule has 0 aliphatic heterocycles. The molecule has 0 aliphatic rings. The molecule has 0 amide bonds. The minimum absolute atomic E-state index is 0.121. The maximum Gasteiger partial charge on any atom is 0.433 e. The maximum atomic E-state index is 12.5. The van der Waals surface area contributed by atoms with Gasteiger partial charge in [-0.05, 0) is 24.6 Å². The lowest BCUT2D eigenvalue weighted by Crippen LogP contribution is -2.10. The third-order valence-electron chi connectivity index (χ3n) is 2.91. The SMILES string of the molecule is Cc1ccc(Br)c(C(O)c2ccc(C(F)(F)F)nc2Cl)c1. The summed E-state index contributed by atoms with van der Waals surface area (Å²) in [6.45, 7) is 1.84. The van der Waals surface area contributed by atoms with Crippen molar-refractivity contribution >= 4 is 27.5 Å². The summed E-state index contributed by atoms with van der Waals surface area (Å²) in [6, 6.07) is 7.25. The number of halogens is 5. The highest BCUT2D eigenvalue weighted by molar-refractivity contribution is 9.10. The number of benzene rings is 1. The Balaban J connectivity index is 2.44. The van der Waals surface area contributed by atoms with Gasteiger partial charge in [0.05, 0.1) is 0 Å². The molecule has 1 heterocycles. The van der Waals surface area contributed by atoms with Gasteiger partial charge < -0.3 is 5.11 Å². The van der Waals surface area contributed by atoms with Crippen LogP contribution in [0.3, 0.4) is 0 Å². The fourth-order valence-electron chi connectivity index (χ4n) is 1.85. The Bertz CT molecular complexity index is 676. The molecular weight excluding hydrogens is 371 g/mol. The van der Waals surface area contributed by atoms with Gasteiger partial charge >= 0.3 is 6.18 Å². The van der Waals surface area contributed by atoms with Crippen molar-refractivity contribution < 1.29 is 18.3 Å². The molecule has 7 heteroatoms. The van der Waals surface area contributed by atoms with E-state index in [4.69, 9.17) is 11.6 Å². The van der Waals surface area contributed by atoms with Crippen LogP contribution in [0.5, 0.6) is 0 Å². The number of rotatable bonds is 2. The zero-order chi connectivity index (χ0) is 15.8. The number of aryl methyl sites for hydroxylation is 1. The van der Waals surface area contributed by atoms with E-state index in [1.807, 2.05) is 13.0 Å². The lowest BCUT2D eigenvalue weighted by molar-refractivity contribution is -0.141. The van der Waals surface area contributed by atoms with E-state index < -0.39 is 18.0 Å². The van der Waals surface area contributed by atoms with Crippen molar-refractivity contribution in [3.63, 3.8) is 0 Å². The second kappa shape index (κ2) is 5.94. The van der Waals surface area contributed by atoms with Gasteiger partial charge in [-0.3, -0.25) is 0 Å². The highest BCUT2D eigenvalue weighted by Gasteiger charge is 2.33. The van der Waals surface area contributed by atoms with Crippen LogP contribution >= 0.6 is 27.5 Å². The maximum absolute atomic E-state index is 12.5. The Morgan fingerprint density at radius 1 is 1.19 bits per heavy atom. The Labute approximate surface area is 132 Å². The highest BCUT2D eigenvalue weighted by atomic mass is 79.9. The van der Waals surface area contributed by atoms with Gasteiger partial charge in [0.15, 0.2) is 0 Å². The Hall–Kier alpha value is -1.11. The van der Waals surface area contributed by atoms with Gasteiger partial charge in [0, 0.05) is 10.0 Å². The number of aliphatic hydroxyl groups excluding tert-OH is 1. The predicted octanol–water partition coefficient (Wildman–Crippen LogP) is 4.91. The van der Waals surface area contributed by atoms with Crippen LogP contribution in [-0.4, -0.2) is 10.1 Å². The highest BCUT2D eigenvalue weighted by Crippen LogP contribution is 2.35. The van der Waals surface area contributed by atoms with Crippen LogP contribution in [-0.2, 0) is 6.18 Å². The van der Waals surface area contributed by atoms with Crippen LogP contribution < -0.4 is 0 Å². The molecule has 1 N–H and O–H groups in total. The van der Waals surface area contributed by atoms with Crippen LogP contribution in [0.4, 0.5) is 13.2 Å². The molecule has 0 saturated heterocycles. The molecule has 0 aliphatic carbocycles. The number of hydrogen-bond donors (Lipinski definition) is 1. The van der Waals surface area contributed by atoms with Gasteiger partial charge in [-0.2, -0.15) is 13.2 Å². The summed E-state index contributed by atoms with van der Waals surface area (Å²) in [5, 5.41) is 9.97. The average Bonchev–Trinajstić information content (AvgIpc) is 2.39. The van der Waals surface area contributed by atoms with Gasteiger partial charge in [0.2, 0.25) is 0 Å². The standard InChI is InChI=1S/C14H10BrClF3NO/c1-7-2-4-10(15)9(6-7)12(21)8-3-5-11(14(17,18)19)20-13(8)16/h2-6,12,21H,1H3. The number of aliphatic hydroxyl groups is 1. The number of alkyl halides is 3. The molecule has 2 rings (SSSR count). The monoisotopic (exact) mass is 379 g/mol. The molecule has 0 bridgehead atoms. The summed E-state index contributed by atoms with van der Waals surface area (Å²) in [4.78, 5) is 3.31. The Kier molecular flexibility index (Phi) is 4.60. The molecule has 0 fully saturated rings. The third-order valence-corrected chi connectivity index (χ3v) is 3.93. The smallest absolute Gasteiger partial charge is 0.384 e. The van der Waals surface area contributed by atoms with E-state index in [0.717, 1.165) is 17.7 Å². The molecule has 1 aromatic carbocycles. The first kappa shape index (κ1) is 16.3. The van der Waals surface area contributed by atoms with E-state index in [9.17, 15) is 18.3 Å². The van der Waals surface area contributed by atoms with E-state index in [2.05, 4.69) is 20.9 Å². The zero-order valence-electron chi connectivity index (χ0n) is 10.7. The van der Waals surface area contributed by atoms with Crippen LogP contribution in [0.15, 0.2) is 34.8 Å². The van der Waals surface area contributed by atoms with Crippen molar-refractivity contribution in [1.29, 1.82) is 0 Å². The number of pyridine rings is 1. The van der Waals surface area contributed by atoms with Crippen molar-refractivity contribution in [2.24, 2.45) is 0 Å². The molecule has 2 nitrogen and oxygen atoms in total. The summed E-state index contributed by atoms with van der Waals surface area (Å²) < 4.78 is 38.3. The van der Waals surface area contributed by atoms with Crippen LogP contribution in [0, 0.1) is 6.92 Å². The normalized spacial score (nSPS) is 13.3. The van der Waals surface area contributed by atoms with E-state index >= 15 is 0 Å². The lowest BCUT2D eigenvalue weighted by Gasteiger charge is -2.16. The first-order valence-corrected chi connectivity index (χ1v) is 7.05. The van der Waals surface area contributed by atoms with Crippen molar-refractivity contribution in [2.45, 2.75) is 19.2 Å². The van der Waals surface area contributed by atoms with Crippen LogP contribution in [0.25, 0.3) is 0 Å². The first-order chi connectivity index (χ1) is 9.70. The summed E-state index contributed by atoms with van der Waals surface area (Å²) in [7, 11) is 0. The first-order valence-electron chi connectivity index (χ1n) is 5.88. The van der Waals surface area contributed by atoms with E-state index in [-0.39, 0.29) is 10.7 Å². The van der Waals surface area contributed by atoms with Gasteiger partial charge in [-0.25, -0.2) is 4.98 Å². The molecule has 1 atom stereocenters. The van der Waals surface area contributed by atoms with E-state index in [1.165, 1.54) is 0 Å². The van der Waals surface area contributed by atoms with Crippen LogP contribution in [0.2, 0.25) is 5.15 Å². The van der Waals surface area contributed by atoms with Gasteiger partial charge in [0.25, 0.3) is 0 Å². The third kappa shape index (κ3) is 3.56. The molecular formula is C14H10BrClF3NO. The average molecular weight is 381 g/mol. The lowest BCUT2D eigenvalue weighted by atomic mass is 10.0. The number of hydrogen-bond acceptors (Lipinski definition) is 2. The molecule has 2 aromatic rings. The van der Waals surface area contributed by atoms with Crippen molar-refractivity contribution in [2.75, 3.05) is 0 Å². The summed E-state index contributed by atoms with van der Waals surface area (Å²) >= 11 is 9.08. The van der Waals surface area contributed by atoms with Gasteiger partial charge in [0.1, 0.15) is 17.0 Å². The molecule has 112 valence electrons. The molecule has 1 unspecified atom stereocenters. The minimum atomic E-state index is -4.57. The minimum Gasteiger partial charge on any atom is -0.384 e. The van der Waals surface area contributed by atoms with Gasteiger partial charge in [-0.15, -0.1) is 0 Å². The number of nitrogens with zero attached hydrogens (tertiary/aromatic N) is 1. The molecule has 1 aromatic heterocycles. The second-order valence-corrected chi connectivity index (χ2v) is 5.71. The quantitative estimate of drug-likeness (QED) is 0.751. The predicted molar refractivity (Wildman–Crippen MR) is 77.2 cm³/mol. The molecule has 0 saturated carbocycles. The van der Waals surface area contributed by atoms with Crippen molar-refractivity contribution in [1.82, 2.24) is 4.98 Å². The Morgan fingerprint density at radius 3 is 2.43 bits per heavy atom. The second-order valence-electron chi connectivity index (χ2n) is 4.50. The molecule has 0 spiro atoms. The molecule has 0 radical (unpaired) electrons. The summed E-state index contributed by atoms with van der Waals surface area (Å²) in [6.07, 6.45) is -5.74. The topological polar surface area (TPSA) is 33.1 Å². The fourth-order valence-corrected chi connectivity index (χ4v) is 2.57. The zero-order valence-corrected chi connectivity index (χ0v) is 13.1. The fraction of sp³-hybridized carbons (Fsp3) is 0.214. The summed E-state index contributed by atoms with van der Waals surface area (Å²) in [5.74, 6) is 0. The largest absolute Gasteiger partial charge is 0.433 e.